The zero-order valence-corrected chi connectivity index (χ0v) is 14.0. The molecule has 0 radical (unpaired) electrons. The maximum atomic E-state index is 12.1. The van der Waals surface area contributed by atoms with Gasteiger partial charge < -0.3 is 10.3 Å². The molecule has 2 aromatic carbocycles. The number of imidazole rings is 1. The van der Waals surface area contributed by atoms with Gasteiger partial charge >= 0.3 is 0 Å². The van der Waals surface area contributed by atoms with Crippen LogP contribution in [0.25, 0.3) is 11.0 Å². The van der Waals surface area contributed by atoms with E-state index in [1.165, 1.54) is 0 Å². The Labute approximate surface area is 139 Å². The number of hydrogen-bond acceptors (Lipinski definition) is 3. The van der Waals surface area contributed by atoms with Crippen LogP contribution in [0.15, 0.2) is 48.5 Å². The molecule has 1 aromatic heterocycles. The number of rotatable bonds is 5. The summed E-state index contributed by atoms with van der Waals surface area (Å²) in [5.74, 6) is 1.30. The van der Waals surface area contributed by atoms with Gasteiger partial charge in [-0.3, -0.25) is 4.79 Å². The number of hydrogen-bond donors (Lipinski definition) is 2. The van der Waals surface area contributed by atoms with E-state index in [0.29, 0.717) is 5.75 Å². The van der Waals surface area contributed by atoms with Gasteiger partial charge in [0.15, 0.2) is 0 Å². The number of para-hydroxylation sites is 2. The summed E-state index contributed by atoms with van der Waals surface area (Å²) in [4.78, 5) is 20.0. The van der Waals surface area contributed by atoms with E-state index in [0.717, 1.165) is 28.1 Å². The second-order valence-corrected chi connectivity index (χ2v) is 6.84. The second-order valence-electron chi connectivity index (χ2n) is 5.51. The molecular formula is C18H19N3OS. The van der Waals surface area contributed by atoms with Gasteiger partial charge in [-0.2, -0.15) is 0 Å². The molecule has 3 aromatic rings. The number of aryl methyl sites for hydroxylation is 1. The highest BCUT2D eigenvalue weighted by atomic mass is 32.2. The van der Waals surface area contributed by atoms with E-state index < -0.39 is 0 Å². The first-order valence-corrected chi connectivity index (χ1v) is 8.59. The molecule has 0 saturated heterocycles. The van der Waals surface area contributed by atoms with Gasteiger partial charge in [-0.05, 0) is 43.7 Å². The second kappa shape index (κ2) is 6.87. The molecule has 0 aliphatic heterocycles. The fourth-order valence-electron chi connectivity index (χ4n) is 2.36. The van der Waals surface area contributed by atoms with Crippen molar-refractivity contribution in [1.82, 2.24) is 9.97 Å². The number of aromatic amines is 1. The third kappa shape index (κ3) is 3.93. The minimum absolute atomic E-state index is 0.00330. The zero-order chi connectivity index (χ0) is 16.2. The highest BCUT2D eigenvalue weighted by Gasteiger charge is 2.13. The van der Waals surface area contributed by atoms with Gasteiger partial charge in [0.2, 0.25) is 5.91 Å². The summed E-state index contributed by atoms with van der Waals surface area (Å²) < 4.78 is 0. The number of carbonyl (C=O) groups is 1. The molecular weight excluding hydrogens is 306 g/mol. The van der Waals surface area contributed by atoms with Crippen molar-refractivity contribution in [2.75, 3.05) is 11.1 Å². The lowest BCUT2D eigenvalue weighted by Gasteiger charge is -2.09. The van der Waals surface area contributed by atoms with Gasteiger partial charge in [-0.25, -0.2) is 4.98 Å². The molecule has 0 aliphatic rings. The number of fused-ring (bicyclic) bond motifs is 1. The molecule has 3 rings (SSSR count). The molecule has 118 valence electrons. The molecule has 1 unspecified atom stereocenters. The lowest BCUT2D eigenvalue weighted by Crippen LogP contribution is -2.14. The Morgan fingerprint density at radius 1 is 1.26 bits per heavy atom. The third-order valence-electron chi connectivity index (χ3n) is 3.56. The van der Waals surface area contributed by atoms with Crippen molar-refractivity contribution in [3.8, 4) is 0 Å². The van der Waals surface area contributed by atoms with Crippen LogP contribution in [0.4, 0.5) is 5.69 Å². The number of nitrogens with one attached hydrogen (secondary N) is 2. The Morgan fingerprint density at radius 3 is 2.87 bits per heavy atom. The van der Waals surface area contributed by atoms with Crippen molar-refractivity contribution in [2.24, 2.45) is 0 Å². The molecule has 0 saturated carbocycles. The number of H-pyrrole nitrogens is 1. The molecule has 1 amide bonds. The minimum Gasteiger partial charge on any atom is -0.341 e. The summed E-state index contributed by atoms with van der Waals surface area (Å²) in [6, 6.07) is 15.8. The van der Waals surface area contributed by atoms with Crippen LogP contribution in [0.2, 0.25) is 0 Å². The van der Waals surface area contributed by atoms with Gasteiger partial charge in [0.05, 0.1) is 22.0 Å². The average Bonchev–Trinajstić information content (AvgIpc) is 2.97. The first-order valence-electron chi connectivity index (χ1n) is 7.54. The summed E-state index contributed by atoms with van der Waals surface area (Å²) >= 11 is 1.57. The monoisotopic (exact) mass is 325 g/mol. The van der Waals surface area contributed by atoms with Crippen LogP contribution in [0, 0.1) is 6.92 Å². The topological polar surface area (TPSA) is 57.8 Å². The molecule has 1 heterocycles. The summed E-state index contributed by atoms with van der Waals surface area (Å²) in [7, 11) is 0. The van der Waals surface area contributed by atoms with E-state index in [1.54, 1.807) is 11.8 Å². The first kappa shape index (κ1) is 15.6. The summed E-state index contributed by atoms with van der Waals surface area (Å²) in [5, 5.41) is 3.06. The number of nitrogens with zero attached hydrogens (tertiary/aromatic N) is 1. The quantitative estimate of drug-likeness (QED) is 0.735. The van der Waals surface area contributed by atoms with E-state index in [4.69, 9.17) is 0 Å². The number of aromatic nitrogens is 2. The Kier molecular flexibility index (Phi) is 4.67. The van der Waals surface area contributed by atoms with Gasteiger partial charge in [0.1, 0.15) is 5.82 Å². The van der Waals surface area contributed by atoms with Gasteiger partial charge in [-0.15, -0.1) is 11.8 Å². The smallest absolute Gasteiger partial charge is 0.234 e. The highest BCUT2D eigenvalue weighted by Crippen LogP contribution is 2.27. The number of amides is 1. The number of benzene rings is 2. The Bertz CT molecular complexity index is 795. The molecule has 0 fully saturated rings. The molecule has 0 aliphatic carbocycles. The van der Waals surface area contributed by atoms with E-state index >= 15 is 0 Å². The van der Waals surface area contributed by atoms with Crippen LogP contribution < -0.4 is 5.32 Å². The third-order valence-corrected chi connectivity index (χ3v) is 4.71. The predicted octanol–water partition coefficient (Wildman–Crippen LogP) is 4.30. The lowest BCUT2D eigenvalue weighted by atomic mass is 10.2. The van der Waals surface area contributed by atoms with E-state index in [-0.39, 0.29) is 11.2 Å². The van der Waals surface area contributed by atoms with Crippen LogP contribution in [-0.4, -0.2) is 21.6 Å². The molecule has 5 heteroatoms. The maximum absolute atomic E-state index is 12.1. The van der Waals surface area contributed by atoms with Crippen molar-refractivity contribution in [3.63, 3.8) is 0 Å². The standard InChI is InChI=1S/C18H19N3OS/c1-12-6-5-7-14(10-12)19-17(22)11-23-13(2)18-20-15-8-3-4-9-16(15)21-18/h3-10,13H,11H2,1-2H3,(H,19,22)(H,20,21). The Morgan fingerprint density at radius 2 is 2.09 bits per heavy atom. The maximum Gasteiger partial charge on any atom is 0.234 e. The van der Waals surface area contributed by atoms with Crippen molar-refractivity contribution >= 4 is 34.4 Å². The molecule has 4 nitrogen and oxygen atoms in total. The van der Waals surface area contributed by atoms with Gasteiger partial charge in [-0.1, -0.05) is 24.3 Å². The molecule has 0 spiro atoms. The van der Waals surface area contributed by atoms with E-state index in [2.05, 4.69) is 22.2 Å². The zero-order valence-electron chi connectivity index (χ0n) is 13.2. The van der Waals surface area contributed by atoms with Gasteiger partial charge in [0.25, 0.3) is 0 Å². The van der Waals surface area contributed by atoms with Crippen molar-refractivity contribution < 1.29 is 4.79 Å². The average molecular weight is 325 g/mol. The highest BCUT2D eigenvalue weighted by molar-refractivity contribution is 8.00. The van der Waals surface area contributed by atoms with Crippen LogP contribution in [0.5, 0.6) is 0 Å². The van der Waals surface area contributed by atoms with E-state index in [1.807, 2.05) is 55.5 Å². The SMILES string of the molecule is Cc1cccc(NC(=O)CSC(C)c2nc3ccccc3[nH]2)c1. The molecule has 2 N–H and O–H groups in total. The normalized spacial score (nSPS) is 12.3. The first-order chi connectivity index (χ1) is 11.1. The predicted molar refractivity (Wildman–Crippen MR) is 96.8 cm³/mol. The molecule has 23 heavy (non-hydrogen) atoms. The van der Waals surface area contributed by atoms with Gasteiger partial charge in [0, 0.05) is 5.69 Å². The number of carbonyl (C=O) groups excluding carboxylic acids is 1. The largest absolute Gasteiger partial charge is 0.341 e. The molecule has 0 bridgehead atoms. The van der Waals surface area contributed by atoms with Crippen LogP contribution >= 0.6 is 11.8 Å². The van der Waals surface area contributed by atoms with Crippen LogP contribution in [-0.2, 0) is 4.79 Å². The van der Waals surface area contributed by atoms with Crippen molar-refractivity contribution in [3.05, 3.63) is 59.9 Å². The van der Waals surface area contributed by atoms with Crippen LogP contribution in [0.1, 0.15) is 23.6 Å². The van der Waals surface area contributed by atoms with Crippen LogP contribution in [0.3, 0.4) is 0 Å². The van der Waals surface area contributed by atoms with E-state index in [9.17, 15) is 4.79 Å². The fourth-order valence-corrected chi connectivity index (χ4v) is 3.11. The molecule has 1 atom stereocenters. The summed E-state index contributed by atoms with van der Waals surface area (Å²) in [6.45, 7) is 4.07. The number of anilines is 1. The number of thioether (sulfide) groups is 1. The summed E-state index contributed by atoms with van der Waals surface area (Å²) in [6.07, 6.45) is 0. The van der Waals surface area contributed by atoms with Crippen molar-refractivity contribution in [1.29, 1.82) is 0 Å². The Hall–Kier alpha value is -2.27. The van der Waals surface area contributed by atoms with Crippen molar-refractivity contribution in [2.45, 2.75) is 19.1 Å². The fraction of sp³-hybridized carbons (Fsp3) is 0.222. The Balaban J connectivity index is 1.57. The minimum atomic E-state index is 0.00330. The lowest BCUT2D eigenvalue weighted by molar-refractivity contribution is -0.113. The summed E-state index contributed by atoms with van der Waals surface area (Å²) in [5.41, 5.74) is 3.96.